The Morgan fingerprint density at radius 3 is 2.62 bits per heavy atom. The van der Waals surface area contributed by atoms with E-state index >= 15 is 0 Å². The summed E-state index contributed by atoms with van der Waals surface area (Å²) in [6.45, 7) is 1.12. The third-order valence-electron chi connectivity index (χ3n) is 4.10. The fourth-order valence-corrected chi connectivity index (χ4v) is 2.84. The Morgan fingerprint density at radius 2 is 2.00 bits per heavy atom. The van der Waals surface area contributed by atoms with E-state index in [1.165, 1.54) is 30.4 Å². The molecule has 21 heavy (non-hydrogen) atoms. The van der Waals surface area contributed by atoms with Crippen molar-refractivity contribution >= 4 is 0 Å². The van der Waals surface area contributed by atoms with Gasteiger partial charge in [-0.1, -0.05) is 24.6 Å². The van der Waals surface area contributed by atoms with Gasteiger partial charge in [0.2, 0.25) is 0 Å². The van der Waals surface area contributed by atoms with E-state index in [4.69, 9.17) is 4.74 Å². The maximum atomic E-state index is 5.18. The van der Waals surface area contributed by atoms with E-state index in [1.54, 1.807) is 7.11 Å². The van der Waals surface area contributed by atoms with E-state index in [9.17, 15) is 0 Å². The fourth-order valence-electron chi connectivity index (χ4n) is 2.84. The van der Waals surface area contributed by atoms with Gasteiger partial charge in [-0.25, -0.2) is 0 Å². The summed E-state index contributed by atoms with van der Waals surface area (Å²) in [5, 5.41) is 3.56. The second-order valence-corrected chi connectivity index (χ2v) is 5.61. The van der Waals surface area contributed by atoms with Crippen molar-refractivity contribution in [2.24, 2.45) is 0 Å². The molecule has 0 unspecified atom stereocenters. The molecule has 2 aromatic rings. The quantitative estimate of drug-likeness (QED) is 0.932. The predicted octanol–water partition coefficient (Wildman–Crippen LogP) is 3.50. The van der Waals surface area contributed by atoms with Crippen molar-refractivity contribution in [1.29, 1.82) is 0 Å². The first-order valence-corrected chi connectivity index (χ1v) is 7.66. The van der Waals surface area contributed by atoms with Crippen LogP contribution in [0.15, 0.2) is 42.6 Å². The van der Waals surface area contributed by atoms with Gasteiger partial charge in [0.25, 0.3) is 0 Å². The van der Waals surface area contributed by atoms with Crippen molar-refractivity contribution in [1.82, 2.24) is 10.3 Å². The Morgan fingerprint density at radius 1 is 1.14 bits per heavy atom. The average Bonchev–Trinajstić information content (AvgIpc) is 2.57. The molecular weight excluding hydrogens is 260 g/mol. The van der Waals surface area contributed by atoms with E-state index in [0.29, 0.717) is 6.04 Å². The number of hydrogen-bond donors (Lipinski definition) is 1. The molecule has 1 aliphatic heterocycles. The minimum absolute atomic E-state index is 0.487. The van der Waals surface area contributed by atoms with Crippen LogP contribution >= 0.6 is 0 Å². The van der Waals surface area contributed by atoms with E-state index in [0.717, 1.165) is 24.4 Å². The number of benzene rings is 1. The molecule has 0 bridgehead atoms. The molecule has 110 valence electrons. The van der Waals surface area contributed by atoms with Gasteiger partial charge in [0.15, 0.2) is 0 Å². The van der Waals surface area contributed by atoms with Crippen LogP contribution in [-0.4, -0.2) is 18.6 Å². The normalized spacial score (nSPS) is 18.4. The van der Waals surface area contributed by atoms with E-state index in [-0.39, 0.29) is 0 Å². The van der Waals surface area contributed by atoms with Crippen LogP contribution in [-0.2, 0) is 6.42 Å². The van der Waals surface area contributed by atoms with Crippen LogP contribution in [0.2, 0.25) is 0 Å². The van der Waals surface area contributed by atoms with E-state index < -0.39 is 0 Å². The molecule has 1 saturated heterocycles. The molecule has 1 aromatic heterocycles. The van der Waals surface area contributed by atoms with Gasteiger partial charge < -0.3 is 10.1 Å². The minimum atomic E-state index is 0.487. The number of methoxy groups -OCH3 is 1. The highest BCUT2D eigenvalue weighted by atomic mass is 16.5. The maximum Gasteiger partial charge on any atom is 0.118 e. The van der Waals surface area contributed by atoms with Crippen LogP contribution < -0.4 is 10.1 Å². The average molecular weight is 282 g/mol. The molecule has 1 aliphatic rings. The predicted molar refractivity (Wildman–Crippen MR) is 84.6 cm³/mol. The first-order valence-electron chi connectivity index (χ1n) is 7.66. The zero-order valence-corrected chi connectivity index (χ0v) is 12.5. The van der Waals surface area contributed by atoms with Crippen LogP contribution in [0.1, 0.15) is 42.1 Å². The number of ether oxygens (including phenoxy) is 1. The number of hydrogen-bond acceptors (Lipinski definition) is 3. The molecule has 0 radical (unpaired) electrons. The summed E-state index contributed by atoms with van der Waals surface area (Å²) in [7, 11) is 1.69. The minimum Gasteiger partial charge on any atom is -0.497 e. The highest BCUT2D eigenvalue weighted by Crippen LogP contribution is 2.22. The molecule has 0 saturated carbocycles. The Kier molecular flexibility index (Phi) is 4.51. The van der Waals surface area contributed by atoms with Gasteiger partial charge in [0.05, 0.1) is 7.11 Å². The van der Waals surface area contributed by atoms with Gasteiger partial charge in [-0.15, -0.1) is 0 Å². The maximum absolute atomic E-state index is 5.18. The standard InChI is InChI=1S/C18H22N2O/c1-21-17-9-5-14(6-10-17)12-16-8-7-15(13-20-16)18-4-2-3-11-19-18/h5-10,13,18-19H,2-4,11-12H2,1H3/t18-/m1/s1. The third kappa shape index (κ3) is 3.61. The van der Waals surface area contributed by atoms with Crippen LogP contribution in [0.3, 0.4) is 0 Å². The first kappa shape index (κ1) is 14.1. The van der Waals surface area contributed by atoms with Crippen LogP contribution in [0, 0.1) is 0 Å². The van der Waals surface area contributed by atoms with Crippen molar-refractivity contribution in [2.75, 3.05) is 13.7 Å². The van der Waals surface area contributed by atoms with Crippen molar-refractivity contribution in [2.45, 2.75) is 31.7 Å². The molecule has 0 spiro atoms. The number of pyridine rings is 1. The zero-order chi connectivity index (χ0) is 14.5. The summed E-state index contributed by atoms with van der Waals surface area (Å²) < 4.78 is 5.18. The number of piperidine rings is 1. The fraction of sp³-hybridized carbons (Fsp3) is 0.389. The largest absolute Gasteiger partial charge is 0.497 e. The Hall–Kier alpha value is -1.87. The molecule has 0 aliphatic carbocycles. The third-order valence-corrected chi connectivity index (χ3v) is 4.10. The van der Waals surface area contributed by atoms with Gasteiger partial charge in [0.1, 0.15) is 5.75 Å². The lowest BCUT2D eigenvalue weighted by Crippen LogP contribution is -2.26. The van der Waals surface area contributed by atoms with Gasteiger partial charge >= 0.3 is 0 Å². The summed E-state index contributed by atoms with van der Waals surface area (Å²) in [5.74, 6) is 0.894. The van der Waals surface area contributed by atoms with Crippen molar-refractivity contribution in [3.05, 3.63) is 59.4 Å². The molecule has 1 aromatic carbocycles. The highest BCUT2D eigenvalue weighted by Gasteiger charge is 2.14. The second-order valence-electron chi connectivity index (χ2n) is 5.61. The number of aromatic nitrogens is 1. The van der Waals surface area contributed by atoms with Crippen LogP contribution in [0.25, 0.3) is 0 Å². The number of nitrogens with one attached hydrogen (secondary N) is 1. The molecule has 3 nitrogen and oxygen atoms in total. The van der Waals surface area contributed by atoms with Gasteiger partial charge in [-0.05, 0) is 48.7 Å². The number of rotatable bonds is 4. The van der Waals surface area contributed by atoms with Crippen molar-refractivity contribution < 1.29 is 4.74 Å². The lowest BCUT2D eigenvalue weighted by molar-refractivity contribution is 0.411. The van der Waals surface area contributed by atoms with Crippen LogP contribution in [0.4, 0.5) is 0 Å². The lowest BCUT2D eigenvalue weighted by Gasteiger charge is -2.23. The Bertz CT molecular complexity index is 557. The SMILES string of the molecule is COc1ccc(Cc2ccc([C@H]3CCCCN3)cn2)cc1. The van der Waals surface area contributed by atoms with Crippen molar-refractivity contribution in [3.8, 4) is 5.75 Å². The van der Waals surface area contributed by atoms with Gasteiger partial charge in [-0.2, -0.15) is 0 Å². The topological polar surface area (TPSA) is 34.1 Å². The first-order chi connectivity index (χ1) is 10.3. The van der Waals surface area contributed by atoms with Gasteiger partial charge in [0, 0.05) is 24.4 Å². The molecule has 3 rings (SSSR count). The summed E-state index contributed by atoms with van der Waals surface area (Å²) in [4.78, 5) is 4.62. The summed E-state index contributed by atoms with van der Waals surface area (Å²) in [6, 6.07) is 13.0. The monoisotopic (exact) mass is 282 g/mol. The molecule has 0 amide bonds. The number of nitrogens with zero attached hydrogens (tertiary/aromatic N) is 1. The smallest absolute Gasteiger partial charge is 0.118 e. The molecule has 2 heterocycles. The van der Waals surface area contributed by atoms with Crippen molar-refractivity contribution in [3.63, 3.8) is 0 Å². The van der Waals surface area contributed by atoms with E-state index in [2.05, 4.69) is 34.6 Å². The molecule has 1 N–H and O–H groups in total. The summed E-state index contributed by atoms with van der Waals surface area (Å²) in [5.41, 5.74) is 3.68. The molecule has 1 atom stereocenters. The summed E-state index contributed by atoms with van der Waals surface area (Å²) in [6.07, 6.45) is 6.72. The molecule has 1 fully saturated rings. The Balaban J connectivity index is 1.65. The Labute approximate surface area is 126 Å². The second kappa shape index (κ2) is 6.72. The van der Waals surface area contributed by atoms with Crippen LogP contribution in [0.5, 0.6) is 5.75 Å². The highest BCUT2D eigenvalue weighted by molar-refractivity contribution is 5.30. The zero-order valence-electron chi connectivity index (χ0n) is 12.5. The van der Waals surface area contributed by atoms with Gasteiger partial charge in [-0.3, -0.25) is 4.98 Å². The summed E-state index contributed by atoms with van der Waals surface area (Å²) >= 11 is 0. The molecule has 3 heteroatoms. The molecular formula is C18H22N2O. The lowest BCUT2D eigenvalue weighted by atomic mass is 9.98. The van der Waals surface area contributed by atoms with E-state index in [1.807, 2.05) is 18.3 Å².